The number of carbonyl (C=O) groups excluding carboxylic acids is 1. The third-order valence-electron chi connectivity index (χ3n) is 3.85. The topological polar surface area (TPSA) is 77.2 Å². The molecule has 0 radical (unpaired) electrons. The van der Waals surface area contributed by atoms with Gasteiger partial charge in [-0.15, -0.1) is 15.0 Å². The fourth-order valence-electron chi connectivity index (χ4n) is 2.69. The van der Waals surface area contributed by atoms with Crippen molar-refractivity contribution in [2.24, 2.45) is 0 Å². The molecule has 0 bridgehead atoms. The summed E-state index contributed by atoms with van der Waals surface area (Å²) in [6, 6.07) is 11.2. The number of nitrogens with zero attached hydrogens (tertiary/aromatic N) is 3. The minimum absolute atomic E-state index is 0.125. The van der Waals surface area contributed by atoms with Crippen molar-refractivity contribution >= 4 is 17.0 Å². The van der Waals surface area contributed by atoms with E-state index in [2.05, 4.69) is 16.8 Å². The summed E-state index contributed by atoms with van der Waals surface area (Å²) in [5.41, 5.74) is 3.61. The van der Waals surface area contributed by atoms with Crippen LogP contribution < -0.4 is 0 Å². The molecule has 3 rings (SSSR count). The molecule has 2 aromatic carbocycles. The zero-order valence-electron chi connectivity index (χ0n) is 14.1. The predicted octanol–water partition coefficient (Wildman–Crippen LogP) is 3.09. The molecule has 1 aromatic heterocycles. The van der Waals surface area contributed by atoms with E-state index < -0.39 is 5.97 Å². The van der Waals surface area contributed by atoms with Gasteiger partial charge in [-0.1, -0.05) is 24.8 Å². The monoisotopic (exact) mass is 337 g/mol. The van der Waals surface area contributed by atoms with E-state index in [0.717, 1.165) is 22.7 Å². The SMILES string of the molecule is C=CC(=O)OC(C)Cc1cc(C)c(O)c(-n2nc3ccccc3n2)c1. The van der Waals surface area contributed by atoms with Crippen LogP contribution >= 0.6 is 0 Å². The molecule has 0 aliphatic heterocycles. The second-order valence-electron chi connectivity index (χ2n) is 5.91. The standard InChI is InChI=1S/C19H19N3O3/c1-4-18(23)25-13(3)10-14-9-12(2)19(24)17(11-14)22-20-15-7-5-6-8-16(15)21-22/h4-9,11,13,24H,1,10H2,2-3H3. The molecule has 1 heterocycles. The Kier molecular flexibility index (Phi) is 4.52. The third kappa shape index (κ3) is 3.52. The van der Waals surface area contributed by atoms with Gasteiger partial charge in [-0.2, -0.15) is 0 Å². The largest absolute Gasteiger partial charge is 0.505 e. The maximum atomic E-state index is 11.3. The van der Waals surface area contributed by atoms with Crippen molar-refractivity contribution in [2.45, 2.75) is 26.4 Å². The second-order valence-corrected chi connectivity index (χ2v) is 5.91. The first-order valence-corrected chi connectivity index (χ1v) is 7.96. The average molecular weight is 337 g/mol. The number of phenolic OH excluding ortho intramolecular Hbond substituents is 1. The molecular weight excluding hydrogens is 318 g/mol. The van der Waals surface area contributed by atoms with E-state index >= 15 is 0 Å². The van der Waals surface area contributed by atoms with Crippen LogP contribution in [0.25, 0.3) is 16.7 Å². The molecule has 1 atom stereocenters. The van der Waals surface area contributed by atoms with Gasteiger partial charge in [0.05, 0.1) is 0 Å². The normalized spacial score (nSPS) is 12.1. The lowest BCUT2D eigenvalue weighted by Gasteiger charge is -2.14. The summed E-state index contributed by atoms with van der Waals surface area (Å²) in [5, 5.41) is 19.2. The Morgan fingerprint density at radius 1 is 1.32 bits per heavy atom. The first kappa shape index (κ1) is 16.7. The van der Waals surface area contributed by atoms with E-state index in [1.807, 2.05) is 44.2 Å². The van der Waals surface area contributed by atoms with Crippen LogP contribution in [0.1, 0.15) is 18.1 Å². The maximum absolute atomic E-state index is 11.3. The van der Waals surface area contributed by atoms with Gasteiger partial charge in [0, 0.05) is 12.5 Å². The van der Waals surface area contributed by atoms with Crippen LogP contribution in [-0.2, 0) is 16.0 Å². The first-order valence-electron chi connectivity index (χ1n) is 7.96. The van der Waals surface area contributed by atoms with Crippen molar-refractivity contribution < 1.29 is 14.6 Å². The number of ether oxygens (including phenoxy) is 1. The van der Waals surface area contributed by atoms with Gasteiger partial charge in [-0.25, -0.2) is 4.79 Å². The van der Waals surface area contributed by atoms with Crippen molar-refractivity contribution in [3.63, 3.8) is 0 Å². The molecule has 6 heteroatoms. The summed E-state index contributed by atoms with van der Waals surface area (Å²) in [4.78, 5) is 12.7. The molecule has 0 saturated heterocycles. The number of rotatable bonds is 5. The van der Waals surface area contributed by atoms with E-state index in [1.54, 1.807) is 6.07 Å². The number of esters is 1. The van der Waals surface area contributed by atoms with E-state index in [9.17, 15) is 9.90 Å². The van der Waals surface area contributed by atoms with E-state index in [-0.39, 0.29) is 11.9 Å². The molecule has 0 amide bonds. The minimum atomic E-state index is -0.455. The van der Waals surface area contributed by atoms with Crippen molar-refractivity contribution in [3.05, 3.63) is 60.2 Å². The van der Waals surface area contributed by atoms with Crippen molar-refractivity contribution in [3.8, 4) is 11.4 Å². The molecule has 25 heavy (non-hydrogen) atoms. The smallest absolute Gasteiger partial charge is 0.330 e. The number of aromatic nitrogens is 3. The molecular formula is C19H19N3O3. The van der Waals surface area contributed by atoms with E-state index in [4.69, 9.17) is 4.74 Å². The summed E-state index contributed by atoms with van der Waals surface area (Å²) < 4.78 is 5.21. The zero-order chi connectivity index (χ0) is 18.0. The van der Waals surface area contributed by atoms with Crippen LogP contribution in [0.4, 0.5) is 0 Å². The van der Waals surface area contributed by atoms with Gasteiger partial charge in [-0.3, -0.25) is 0 Å². The van der Waals surface area contributed by atoms with Crippen LogP contribution in [0, 0.1) is 6.92 Å². The molecule has 1 unspecified atom stereocenters. The molecule has 3 aromatic rings. The predicted molar refractivity (Wildman–Crippen MR) is 94.7 cm³/mol. The van der Waals surface area contributed by atoms with Crippen molar-refractivity contribution in [2.75, 3.05) is 0 Å². The Morgan fingerprint density at radius 2 is 1.96 bits per heavy atom. The first-order chi connectivity index (χ1) is 12.0. The number of aryl methyl sites for hydroxylation is 1. The van der Waals surface area contributed by atoms with Gasteiger partial charge in [0.1, 0.15) is 28.6 Å². The summed E-state index contributed by atoms with van der Waals surface area (Å²) in [6.07, 6.45) is 1.34. The quantitative estimate of drug-likeness (QED) is 0.572. The molecule has 0 saturated carbocycles. The summed E-state index contributed by atoms with van der Waals surface area (Å²) in [7, 11) is 0. The number of fused-ring (bicyclic) bond motifs is 1. The molecule has 1 N–H and O–H groups in total. The highest BCUT2D eigenvalue weighted by Crippen LogP contribution is 2.28. The van der Waals surface area contributed by atoms with Gasteiger partial charge in [-0.05, 0) is 43.2 Å². The Labute approximate surface area is 145 Å². The lowest BCUT2D eigenvalue weighted by molar-refractivity contribution is -0.142. The molecule has 0 spiro atoms. The summed E-state index contributed by atoms with van der Waals surface area (Å²) >= 11 is 0. The molecule has 0 fully saturated rings. The van der Waals surface area contributed by atoms with Gasteiger partial charge in [0.25, 0.3) is 0 Å². The van der Waals surface area contributed by atoms with Crippen LogP contribution in [0.2, 0.25) is 0 Å². The molecule has 128 valence electrons. The van der Waals surface area contributed by atoms with Crippen LogP contribution in [0.5, 0.6) is 5.75 Å². The zero-order valence-corrected chi connectivity index (χ0v) is 14.1. The van der Waals surface area contributed by atoms with Gasteiger partial charge in [0.2, 0.25) is 0 Å². The lowest BCUT2D eigenvalue weighted by atomic mass is 10.0. The van der Waals surface area contributed by atoms with Crippen LogP contribution in [0.15, 0.2) is 49.1 Å². The Bertz CT molecular complexity index is 913. The number of phenols is 1. The molecule has 6 nitrogen and oxygen atoms in total. The van der Waals surface area contributed by atoms with E-state index in [0.29, 0.717) is 17.7 Å². The molecule has 0 aliphatic carbocycles. The fourth-order valence-corrected chi connectivity index (χ4v) is 2.69. The Balaban J connectivity index is 1.95. The number of hydrogen-bond acceptors (Lipinski definition) is 5. The maximum Gasteiger partial charge on any atom is 0.330 e. The van der Waals surface area contributed by atoms with Crippen LogP contribution in [-0.4, -0.2) is 32.2 Å². The highest BCUT2D eigenvalue weighted by atomic mass is 16.5. The highest BCUT2D eigenvalue weighted by Gasteiger charge is 2.15. The third-order valence-corrected chi connectivity index (χ3v) is 3.85. The Hall–Kier alpha value is -3.15. The fraction of sp³-hybridized carbons (Fsp3) is 0.211. The minimum Gasteiger partial charge on any atom is -0.505 e. The van der Waals surface area contributed by atoms with Gasteiger partial charge < -0.3 is 9.84 Å². The second kappa shape index (κ2) is 6.76. The van der Waals surface area contributed by atoms with Crippen molar-refractivity contribution in [1.29, 1.82) is 0 Å². The summed E-state index contributed by atoms with van der Waals surface area (Å²) in [5.74, 6) is -0.331. The number of carbonyl (C=O) groups is 1. The van der Waals surface area contributed by atoms with Crippen LogP contribution in [0.3, 0.4) is 0 Å². The number of benzene rings is 2. The highest BCUT2D eigenvalue weighted by molar-refractivity contribution is 5.81. The van der Waals surface area contributed by atoms with Crippen molar-refractivity contribution in [1.82, 2.24) is 15.0 Å². The van der Waals surface area contributed by atoms with Gasteiger partial charge in [0.15, 0.2) is 0 Å². The lowest BCUT2D eigenvalue weighted by Crippen LogP contribution is -2.16. The number of aromatic hydroxyl groups is 1. The average Bonchev–Trinajstić information content (AvgIpc) is 3.01. The summed E-state index contributed by atoms with van der Waals surface area (Å²) in [6.45, 7) is 7.01. The Morgan fingerprint density at radius 3 is 2.56 bits per heavy atom. The van der Waals surface area contributed by atoms with Gasteiger partial charge >= 0.3 is 5.97 Å². The van der Waals surface area contributed by atoms with E-state index in [1.165, 1.54) is 4.80 Å². The molecule has 0 aliphatic rings. The number of hydrogen-bond donors (Lipinski definition) is 1.